The second-order valence-corrected chi connectivity index (χ2v) is 13.6. The van der Waals surface area contributed by atoms with Crippen LogP contribution in [-0.4, -0.2) is 18.9 Å². The molecule has 4 nitrogen and oxygen atoms in total. The fraction of sp³-hybridized carbons (Fsp3) is 0. The van der Waals surface area contributed by atoms with Gasteiger partial charge in [-0.05, 0) is 41.1 Å². The molecule has 0 unspecified atom stereocenters. The number of thiophene rings is 1. The average molecular weight is 615 g/mol. The lowest BCUT2D eigenvalue weighted by Crippen LogP contribution is -2.02. The van der Waals surface area contributed by atoms with E-state index in [2.05, 4.69) is 142 Å². The zero-order valence-electron chi connectivity index (χ0n) is 24.9. The van der Waals surface area contributed by atoms with Gasteiger partial charge in [0.15, 0.2) is 0 Å². The maximum atomic E-state index is 5.46. The Morgan fingerprint density at radius 1 is 0.447 bits per heavy atom. The molecule has 0 amide bonds. The number of hydrogen-bond donors (Lipinski definition) is 0. The monoisotopic (exact) mass is 614 g/mol. The van der Waals surface area contributed by atoms with Crippen molar-refractivity contribution in [2.24, 2.45) is 0 Å². The second-order valence-electron chi connectivity index (χ2n) is 12.6. The van der Waals surface area contributed by atoms with Crippen molar-refractivity contribution >= 4 is 102 Å². The van der Waals surface area contributed by atoms with E-state index in [1.165, 1.54) is 69.7 Å². The van der Waals surface area contributed by atoms with Crippen LogP contribution in [0, 0.1) is 0 Å². The van der Waals surface area contributed by atoms with Crippen molar-refractivity contribution in [2.75, 3.05) is 0 Å². The molecule has 0 saturated carbocycles. The van der Waals surface area contributed by atoms with Crippen LogP contribution in [0.5, 0.6) is 0 Å². The highest BCUT2D eigenvalue weighted by atomic mass is 32.1. The fourth-order valence-corrected chi connectivity index (χ4v) is 9.45. The molecule has 0 bridgehead atoms. The Labute approximate surface area is 271 Å². The van der Waals surface area contributed by atoms with E-state index in [0.29, 0.717) is 5.95 Å². The smallest absolute Gasteiger partial charge is 0.236 e. The summed E-state index contributed by atoms with van der Waals surface area (Å²) in [4.78, 5) is 11.8. The van der Waals surface area contributed by atoms with Gasteiger partial charge in [0, 0.05) is 53.4 Å². The van der Waals surface area contributed by atoms with Crippen molar-refractivity contribution in [1.82, 2.24) is 18.9 Å². The molecule has 0 fully saturated rings. The number of fused-ring (bicyclic) bond motifs is 7. The summed E-state index contributed by atoms with van der Waals surface area (Å²) in [6, 6.07) is 48.4. The normalized spacial score (nSPS) is 12.7. The molecule has 216 valence electrons. The van der Waals surface area contributed by atoms with Crippen molar-refractivity contribution in [3.8, 4) is 17.2 Å². The predicted molar refractivity (Wildman–Crippen MR) is 198 cm³/mol. The minimum atomic E-state index is 0.701. The van der Waals surface area contributed by atoms with Crippen LogP contribution in [0.25, 0.3) is 108 Å². The molecule has 7 aromatic carbocycles. The van der Waals surface area contributed by atoms with Gasteiger partial charge in [-0.3, -0.25) is 4.57 Å². The number of benzene rings is 7. The summed E-state index contributed by atoms with van der Waals surface area (Å²) in [7, 11) is 0. The first-order valence-corrected chi connectivity index (χ1v) is 16.8. The van der Waals surface area contributed by atoms with Crippen molar-refractivity contribution < 1.29 is 0 Å². The van der Waals surface area contributed by atoms with Crippen molar-refractivity contribution in [3.63, 3.8) is 0 Å². The third-order valence-corrected chi connectivity index (χ3v) is 11.3. The Morgan fingerprint density at radius 3 is 2.02 bits per heavy atom. The largest absolute Gasteiger partial charge is 0.308 e. The van der Waals surface area contributed by atoms with Crippen LogP contribution >= 0.6 is 11.3 Å². The van der Waals surface area contributed by atoms with Crippen molar-refractivity contribution in [2.45, 2.75) is 0 Å². The molecule has 5 aromatic heterocycles. The SMILES string of the molecule is c1ccc(-c2nc(-n3c4ccc5cccc6c5c4c4c5c(ccc7c8ccccc8n6c75)ccc43)nc3sc4ccccc4c23)cc1. The Hall–Kier alpha value is -6.04. The maximum Gasteiger partial charge on any atom is 0.236 e. The van der Waals surface area contributed by atoms with Crippen LogP contribution in [0.4, 0.5) is 0 Å². The van der Waals surface area contributed by atoms with Gasteiger partial charge in [-0.15, -0.1) is 11.3 Å². The van der Waals surface area contributed by atoms with E-state index in [1.54, 1.807) is 11.3 Å². The lowest BCUT2D eigenvalue weighted by atomic mass is 9.98. The first-order chi connectivity index (χ1) is 23.3. The molecule has 0 N–H and O–H groups in total. The molecular formula is C42H22N4S. The standard InChI is InChI=1S/C42H22N4S/c1-2-9-25(10-3-1)39-36-28-13-5-7-16-33(28)47-41(36)44-42(43-39)46-31-21-18-23-11-8-15-30-34(23)37(31)38-32(46)22-19-24-17-20-27-26-12-4-6-14-29(26)45(30)40(27)35(24)38/h1-22H. The number of nitrogens with zero attached hydrogens (tertiary/aromatic N) is 4. The number of para-hydroxylation sites is 1. The first kappa shape index (κ1) is 24.2. The van der Waals surface area contributed by atoms with E-state index in [-0.39, 0.29) is 0 Å². The van der Waals surface area contributed by atoms with Crippen LogP contribution in [0.3, 0.4) is 0 Å². The van der Waals surface area contributed by atoms with Gasteiger partial charge in [0.2, 0.25) is 5.95 Å². The third kappa shape index (κ3) is 2.90. The van der Waals surface area contributed by atoms with E-state index in [0.717, 1.165) is 32.5 Å². The molecule has 0 aliphatic carbocycles. The van der Waals surface area contributed by atoms with Crippen LogP contribution in [0.15, 0.2) is 133 Å². The number of hydrogen-bond acceptors (Lipinski definition) is 3. The fourth-order valence-electron chi connectivity index (χ4n) is 8.38. The Balaban J connectivity index is 1.34. The van der Waals surface area contributed by atoms with E-state index in [9.17, 15) is 0 Å². The zero-order valence-corrected chi connectivity index (χ0v) is 25.7. The van der Waals surface area contributed by atoms with Gasteiger partial charge >= 0.3 is 0 Å². The van der Waals surface area contributed by atoms with Gasteiger partial charge in [0.25, 0.3) is 0 Å². The Bertz CT molecular complexity index is 3240. The van der Waals surface area contributed by atoms with Gasteiger partial charge in [-0.25, -0.2) is 9.97 Å². The first-order valence-electron chi connectivity index (χ1n) is 15.9. The molecule has 0 radical (unpaired) electrons. The minimum absolute atomic E-state index is 0.701. The molecular weight excluding hydrogens is 593 g/mol. The lowest BCUT2D eigenvalue weighted by molar-refractivity contribution is 1.02. The molecule has 12 aromatic rings. The summed E-state index contributed by atoms with van der Waals surface area (Å²) in [5, 5.41) is 12.4. The Kier molecular flexibility index (Phi) is 4.33. The maximum absolute atomic E-state index is 5.46. The molecule has 5 heteroatoms. The molecule has 0 spiro atoms. The molecule has 0 atom stereocenters. The quantitative estimate of drug-likeness (QED) is 0.194. The zero-order chi connectivity index (χ0) is 30.4. The summed E-state index contributed by atoms with van der Waals surface area (Å²) in [5.41, 5.74) is 8.03. The lowest BCUT2D eigenvalue weighted by Gasteiger charge is -2.11. The van der Waals surface area contributed by atoms with Crippen LogP contribution in [0.1, 0.15) is 0 Å². The van der Waals surface area contributed by atoms with Crippen molar-refractivity contribution in [3.05, 3.63) is 133 Å². The Morgan fingerprint density at radius 2 is 1.15 bits per heavy atom. The van der Waals surface area contributed by atoms with E-state index < -0.39 is 0 Å². The minimum Gasteiger partial charge on any atom is -0.308 e. The predicted octanol–water partition coefficient (Wildman–Crippen LogP) is 11.3. The second kappa shape index (κ2) is 8.40. The summed E-state index contributed by atoms with van der Waals surface area (Å²) in [5.74, 6) is 0.701. The number of rotatable bonds is 2. The van der Waals surface area contributed by atoms with E-state index >= 15 is 0 Å². The summed E-state index contributed by atoms with van der Waals surface area (Å²) >= 11 is 1.74. The third-order valence-electron chi connectivity index (χ3n) is 10.2. The highest BCUT2D eigenvalue weighted by Gasteiger charge is 2.26. The van der Waals surface area contributed by atoms with Gasteiger partial charge < -0.3 is 4.40 Å². The average Bonchev–Trinajstić information content (AvgIpc) is 3.76. The van der Waals surface area contributed by atoms with Crippen LogP contribution in [-0.2, 0) is 0 Å². The summed E-state index contributed by atoms with van der Waals surface area (Å²) in [6.07, 6.45) is 0. The van der Waals surface area contributed by atoms with Gasteiger partial charge in [-0.2, -0.15) is 0 Å². The van der Waals surface area contributed by atoms with Crippen LogP contribution in [0.2, 0.25) is 0 Å². The summed E-state index contributed by atoms with van der Waals surface area (Å²) in [6.45, 7) is 0. The van der Waals surface area contributed by atoms with Crippen LogP contribution < -0.4 is 0 Å². The summed E-state index contributed by atoms with van der Waals surface area (Å²) < 4.78 is 6.04. The van der Waals surface area contributed by atoms with Gasteiger partial charge in [0.05, 0.1) is 33.3 Å². The topological polar surface area (TPSA) is 35.1 Å². The molecule has 0 saturated heterocycles. The van der Waals surface area contributed by atoms with E-state index in [1.807, 2.05) is 0 Å². The highest BCUT2D eigenvalue weighted by molar-refractivity contribution is 7.25. The van der Waals surface area contributed by atoms with Gasteiger partial charge in [-0.1, -0.05) is 103 Å². The molecule has 47 heavy (non-hydrogen) atoms. The molecule has 0 aliphatic rings. The molecule has 0 aliphatic heterocycles. The molecule has 12 rings (SSSR count). The number of aromatic nitrogens is 4. The van der Waals surface area contributed by atoms with Crippen molar-refractivity contribution in [1.29, 1.82) is 0 Å². The van der Waals surface area contributed by atoms with E-state index in [4.69, 9.17) is 9.97 Å². The highest BCUT2D eigenvalue weighted by Crippen LogP contribution is 2.48. The van der Waals surface area contributed by atoms with Gasteiger partial charge in [0.1, 0.15) is 4.83 Å². The molecule has 5 heterocycles.